The van der Waals surface area contributed by atoms with E-state index in [1.807, 2.05) is 11.1 Å². The van der Waals surface area contributed by atoms with E-state index in [-0.39, 0.29) is 19.0 Å². The molecule has 4 rings (SSSR count). The van der Waals surface area contributed by atoms with Crippen molar-refractivity contribution in [2.75, 3.05) is 32.7 Å². The van der Waals surface area contributed by atoms with Gasteiger partial charge in [-0.25, -0.2) is 0 Å². The Bertz CT molecular complexity index is 821. The molecule has 152 valence electrons. The minimum atomic E-state index is -0.747. The third-order valence-corrected chi connectivity index (χ3v) is 5.83. The van der Waals surface area contributed by atoms with E-state index >= 15 is 0 Å². The Balaban J connectivity index is 0.00000225. The molecule has 2 aliphatic rings. The molecule has 0 spiro atoms. The molecule has 0 bridgehead atoms. The minimum Gasteiger partial charge on any atom is -0.480 e. The number of carbonyl (C=O) groups is 1. The summed E-state index contributed by atoms with van der Waals surface area (Å²) in [6, 6.07) is 6.92. The van der Waals surface area contributed by atoms with Crippen molar-refractivity contribution in [3.05, 3.63) is 36.0 Å². The van der Waals surface area contributed by atoms with Gasteiger partial charge in [-0.15, -0.1) is 12.4 Å². The van der Waals surface area contributed by atoms with Gasteiger partial charge in [0, 0.05) is 18.5 Å². The first-order valence-electron chi connectivity index (χ1n) is 9.99. The number of piperidine rings is 2. The molecule has 0 aliphatic carbocycles. The van der Waals surface area contributed by atoms with Crippen LogP contribution in [0.2, 0.25) is 0 Å². The molecule has 2 aromatic rings. The second kappa shape index (κ2) is 9.54. The van der Waals surface area contributed by atoms with Gasteiger partial charge in [0.1, 0.15) is 0 Å². The van der Waals surface area contributed by atoms with Crippen molar-refractivity contribution in [2.45, 2.75) is 31.7 Å². The first-order chi connectivity index (χ1) is 13.2. The quantitative estimate of drug-likeness (QED) is 0.800. The molecule has 0 unspecified atom stereocenters. The van der Waals surface area contributed by atoms with Gasteiger partial charge >= 0.3 is 5.97 Å². The molecule has 2 aliphatic heterocycles. The highest BCUT2D eigenvalue weighted by molar-refractivity contribution is 5.85. The highest BCUT2D eigenvalue weighted by atomic mass is 35.5. The van der Waals surface area contributed by atoms with Crippen LogP contribution in [0.25, 0.3) is 17.0 Å². The van der Waals surface area contributed by atoms with E-state index in [2.05, 4.69) is 45.4 Å². The molecular weight excluding hydrogens is 376 g/mol. The maximum absolute atomic E-state index is 10.9. The summed E-state index contributed by atoms with van der Waals surface area (Å²) in [7, 11) is 0. The van der Waals surface area contributed by atoms with Gasteiger partial charge in [-0.1, -0.05) is 18.2 Å². The van der Waals surface area contributed by atoms with Gasteiger partial charge in [0.15, 0.2) is 0 Å². The lowest BCUT2D eigenvalue weighted by Crippen LogP contribution is -2.38. The van der Waals surface area contributed by atoms with Crippen LogP contribution in [0.5, 0.6) is 0 Å². The number of hydrogen-bond acceptors (Lipinski definition) is 4. The number of aliphatic carboxylic acids is 1. The number of benzene rings is 1. The Morgan fingerprint density at radius 3 is 2.68 bits per heavy atom. The zero-order chi connectivity index (χ0) is 18.6. The minimum absolute atomic E-state index is 0. The summed E-state index contributed by atoms with van der Waals surface area (Å²) in [6.45, 7) is 4.00. The number of carboxylic acids is 1. The third kappa shape index (κ3) is 4.93. The normalized spacial score (nSPS) is 19.9. The van der Waals surface area contributed by atoms with Crippen LogP contribution >= 0.6 is 12.4 Å². The Morgan fingerprint density at radius 1 is 1.21 bits per heavy atom. The van der Waals surface area contributed by atoms with Crippen molar-refractivity contribution in [3.63, 3.8) is 0 Å². The van der Waals surface area contributed by atoms with Gasteiger partial charge in [0.05, 0.1) is 24.3 Å². The fourth-order valence-corrected chi connectivity index (χ4v) is 4.26. The van der Waals surface area contributed by atoms with E-state index in [4.69, 9.17) is 5.11 Å². The average molecular weight is 405 g/mol. The van der Waals surface area contributed by atoms with Gasteiger partial charge in [-0.2, -0.15) is 5.10 Å². The number of carboxylic acid groups (broad SMARTS) is 1. The van der Waals surface area contributed by atoms with Gasteiger partial charge in [0.2, 0.25) is 0 Å². The van der Waals surface area contributed by atoms with Crippen LogP contribution in [0.3, 0.4) is 0 Å². The number of fused-ring (bicyclic) bond motifs is 1. The van der Waals surface area contributed by atoms with Crippen molar-refractivity contribution in [2.24, 2.45) is 5.92 Å². The molecule has 2 fully saturated rings. The predicted octanol–water partition coefficient (Wildman–Crippen LogP) is 3.19. The van der Waals surface area contributed by atoms with Gasteiger partial charge in [-0.05, 0) is 62.4 Å². The standard InChI is InChI=1S/C21H28N4O2.ClH/c26-21(27)15-24-11-7-19(8-12-24)25-20-4-3-17(13-18(20)14-23-25)2-1-16-5-9-22-10-6-16;/h1-4,13-14,16,19,22H,5-12,15H2,(H,26,27);1H/b2-1+;. The summed E-state index contributed by atoms with van der Waals surface area (Å²) < 4.78 is 2.13. The fraction of sp³-hybridized carbons (Fsp3) is 0.524. The summed E-state index contributed by atoms with van der Waals surface area (Å²) in [5.74, 6) is -0.0660. The van der Waals surface area contributed by atoms with E-state index in [1.165, 1.54) is 29.3 Å². The van der Waals surface area contributed by atoms with Gasteiger partial charge in [0.25, 0.3) is 0 Å². The number of nitrogens with zero attached hydrogens (tertiary/aromatic N) is 3. The number of halogens is 1. The Kier molecular flexibility index (Phi) is 7.10. The zero-order valence-corrected chi connectivity index (χ0v) is 16.9. The van der Waals surface area contributed by atoms with Crippen LogP contribution in [0.1, 0.15) is 37.3 Å². The predicted molar refractivity (Wildman–Crippen MR) is 114 cm³/mol. The SMILES string of the molecule is Cl.O=C(O)CN1CCC(n2ncc3cc(/C=C/C4CCNCC4)ccc32)CC1. The molecular formula is C21H29ClN4O2. The molecule has 0 atom stereocenters. The van der Waals surface area contributed by atoms with Gasteiger partial charge in [-0.3, -0.25) is 14.4 Å². The van der Waals surface area contributed by atoms with E-state index in [0.29, 0.717) is 12.0 Å². The zero-order valence-electron chi connectivity index (χ0n) is 16.1. The number of likely N-dealkylation sites (tertiary alicyclic amines) is 1. The van der Waals surface area contributed by atoms with Crippen LogP contribution in [-0.4, -0.2) is 58.5 Å². The summed E-state index contributed by atoms with van der Waals surface area (Å²) in [5, 5.41) is 18.2. The van der Waals surface area contributed by atoms with E-state index < -0.39 is 5.97 Å². The summed E-state index contributed by atoms with van der Waals surface area (Å²) >= 11 is 0. The molecule has 1 aromatic heterocycles. The maximum atomic E-state index is 10.9. The van der Waals surface area contributed by atoms with Crippen molar-refractivity contribution in [3.8, 4) is 0 Å². The van der Waals surface area contributed by atoms with Crippen molar-refractivity contribution in [1.82, 2.24) is 20.0 Å². The van der Waals surface area contributed by atoms with Crippen molar-refractivity contribution < 1.29 is 9.90 Å². The Morgan fingerprint density at radius 2 is 1.96 bits per heavy atom. The molecule has 3 heterocycles. The lowest BCUT2D eigenvalue weighted by atomic mass is 9.97. The second-order valence-electron chi connectivity index (χ2n) is 7.75. The van der Waals surface area contributed by atoms with Crippen LogP contribution < -0.4 is 5.32 Å². The number of hydrogen-bond donors (Lipinski definition) is 2. The molecule has 6 nitrogen and oxygen atoms in total. The topological polar surface area (TPSA) is 70.4 Å². The summed E-state index contributed by atoms with van der Waals surface area (Å²) in [6.07, 6.45) is 10.9. The fourth-order valence-electron chi connectivity index (χ4n) is 4.26. The Labute approximate surface area is 172 Å². The highest BCUT2D eigenvalue weighted by Crippen LogP contribution is 2.27. The van der Waals surface area contributed by atoms with Crippen molar-refractivity contribution in [1.29, 1.82) is 0 Å². The lowest BCUT2D eigenvalue weighted by molar-refractivity contribution is -0.138. The second-order valence-corrected chi connectivity index (χ2v) is 7.75. The van der Waals surface area contributed by atoms with Crippen LogP contribution in [0.4, 0.5) is 0 Å². The van der Waals surface area contributed by atoms with Gasteiger partial charge < -0.3 is 10.4 Å². The van der Waals surface area contributed by atoms with Crippen LogP contribution in [0, 0.1) is 5.92 Å². The first-order valence-corrected chi connectivity index (χ1v) is 9.99. The smallest absolute Gasteiger partial charge is 0.317 e. The number of allylic oxidation sites excluding steroid dienone is 1. The van der Waals surface area contributed by atoms with E-state index in [0.717, 1.165) is 39.0 Å². The molecule has 7 heteroatoms. The average Bonchev–Trinajstić information content (AvgIpc) is 3.10. The van der Waals surface area contributed by atoms with Crippen molar-refractivity contribution >= 4 is 35.4 Å². The third-order valence-electron chi connectivity index (χ3n) is 5.83. The largest absolute Gasteiger partial charge is 0.480 e. The number of nitrogens with one attached hydrogen (secondary N) is 1. The molecule has 2 saturated heterocycles. The molecule has 1 aromatic carbocycles. The van der Waals surface area contributed by atoms with E-state index in [1.54, 1.807) is 0 Å². The monoisotopic (exact) mass is 404 g/mol. The first kappa shape index (κ1) is 20.8. The van der Waals surface area contributed by atoms with Crippen LogP contribution in [-0.2, 0) is 4.79 Å². The molecule has 0 saturated carbocycles. The lowest BCUT2D eigenvalue weighted by Gasteiger charge is -2.31. The highest BCUT2D eigenvalue weighted by Gasteiger charge is 2.23. The molecule has 28 heavy (non-hydrogen) atoms. The maximum Gasteiger partial charge on any atom is 0.317 e. The van der Waals surface area contributed by atoms with E-state index in [9.17, 15) is 4.79 Å². The number of rotatable bonds is 5. The number of aromatic nitrogens is 2. The summed E-state index contributed by atoms with van der Waals surface area (Å²) in [5.41, 5.74) is 2.41. The summed E-state index contributed by atoms with van der Waals surface area (Å²) in [4.78, 5) is 12.9. The molecule has 0 amide bonds. The Hall–Kier alpha value is -1.89. The molecule has 0 radical (unpaired) electrons. The van der Waals surface area contributed by atoms with Crippen LogP contribution in [0.15, 0.2) is 30.5 Å². The molecule has 2 N–H and O–H groups in total.